The van der Waals surface area contributed by atoms with E-state index in [0.29, 0.717) is 11.5 Å². The van der Waals surface area contributed by atoms with Crippen molar-refractivity contribution in [3.8, 4) is 5.75 Å². The van der Waals surface area contributed by atoms with E-state index in [9.17, 15) is 4.79 Å². The molecule has 0 atom stereocenters. The molecule has 1 aliphatic heterocycles. The number of ether oxygens (including phenoxy) is 1. The van der Waals surface area contributed by atoms with Crippen LogP contribution in [0.3, 0.4) is 0 Å². The molecule has 0 saturated heterocycles. The summed E-state index contributed by atoms with van der Waals surface area (Å²) in [6.07, 6.45) is 1.77. The second kappa shape index (κ2) is 6.49. The van der Waals surface area contributed by atoms with Crippen LogP contribution in [0.5, 0.6) is 5.75 Å². The fraction of sp³-hybridized carbons (Fsp3) is 0.0588. The molecule has 0 spiro atoms. The minimum Gasteiger partial charge on any atom is -0.489 e. The highest BCUT2D eigenvalue weighted by molar-refractivity contribution is 8.18. The van der Waals surface area contributed by atoms with E-state index in [1.54, 1.807) is 6.08 Å². The molecule has 3 rings (SSSR count). The van der Waals surface area contributed by atoms with Crippen molar-refractivity contribution in [2.75, 3.05) is 0 Å². The zero-order valence-corrected chi connectivity index (χ0v) is 12.5. The number of nitrogens with zero attached hydrogens (tertiary/aromatic N) is 1. The van der Waals surface area contributed by atoms with Gasteiger partial charge in [-0.3, -0.25) is 4.79 Å². The number of rotatable bonds is 4. The van der Waals surface area contributed by atoms with Crippen LogP contribution in [0.2, 0.25) is 0 Å². The number of nitrogens with two attached hydrogens (primary N) is 1. The molecule has 0 saturated carbocycles. The summed E-state index contributed by atoms with van der Waals surface area (Å²) in [5.74, 6) is 0.459. The minimum atomic E-state index is -0.293. The van der Waals surface area contributed by atoms with Crippen LogP contribution >= 0.6 is 11.8 Å². The summed E-state index contributed by atoms with van der Waals surface area (Å²) in [7, 11) is 0. The second-order valence-corrected chi connectivity index (χ2v) is 5.77. The van der Waals surface area contributed by atoms with Crippen LogP contribution in [0.15, 0.2) is 64.5 Å². The fourth-order valence-corrected chi connectivity index (χ4v) is 2.69. The number of benzene rings is 2. The molecule has 4 nitrogen and oxygen atoms in total. The number of hydrogen-bond donors (Lipinski definition) is 1. The van der Waals surface area contributed by atoms with Gasteiger partial charge in [0.25, 0.3) is 5.91 Å². The average molecular weight is 310 g/mol. The Hall–Kier alpha value is -2.53. The molecule has 2 aromatic carbocycles. The second-order valence-electron chi connectivity index (χ2n) is 4.71. The molecule has 22 heavy (non-hydrogen) atoms. The lowest BCUT2D eigenvalue weighted by atomic mass is 10.2. The maximum Gasteiger partial charge on any atom is 0.286 e. The van der Waals surface area contributed by atoms with Gasteiger partial charge < -0.3 is 10.5 Å². The molecule has 110 valence electrons. The number of hydrogen-bond acceptors (Lipinski definition) is 4. The standard InChI is InChI=1S/C17H14N2O2S/c18-17-19-16(20)15(22-17)10-13-7-4-8-14(9-13)21-11-12-5-2-1-3-6-12/h1-10H,11H2,(H2,18,19,20). The summed E-state index contributed by atoms with van der Waals surface area (Å²) in [6, 6.07) is 17.5. The van der Waals surface area contributed by atoms with E-state index >= 15 is 0 Å². The van der Waals surface area contributed by atoms with E-state index in [1.807, 2.05) is 54.6 Å². The third kappa shape index (κ3) is 3.56. The Morgan fingerprint density at radius 2 is 1.95 bits per heavy atom. The van der Waals surface area contributed by atoms with Gasteiger partial charge in [0, 0.05) is 0 Å². The summed E-state index contributed by atoms with van der Waals surface area (Å²) in [4.78, 5) is 15.8. The van der Waals surface area contributed by atoms with Gasteiger partial charge in [-0.1, -0.05) is 42.5 Å². The molecular weight excluding hydrogens is 296 g/mol. The summed E-state index contributed by atoms with van der Waals surface area (Å²) in [6.45, 7) is 0.505. The van der Waals surface area contributed by atoms with Crippen molar-refractivity contribution in [3.05, 3.63) is 70.6 Å². The summed E-state index contributed by atoms with van der Waals surface area (Å²) in [5.41, 5.74) is 7.52. The Kier molecular flexibility index (Phi) is 4.25. The van der Waals surface area contributed by atoms with Crippen molar-refractivity contribution in [1.29, 1.82) is 0 Å². The van der Waals surface area contributed by atoms with E-state index in [2.05, 4.69) is 4.99 Å². The van der Waals surface area contributed by atoms with E-state index in [4.69, 9.17) is 10.5 Å². The summed E-state index contributed by atoms with van der Waals surface area (Å²) < 4.78 is 5.77. The first-order valence-corrected chi connectivity index (χ1v) is 7.57. The first kappa shape index (κ1) is 14.4. The van der Waals surface area contributed by atoms with Gasteiger partial charge in [-0.2, -0.15) is 4.99 Å². The van der Waals surface area contributed by atoms with Gasteiger partial charge in [0.15, 0.2) is 5.17 Å². The zero-order chi connectivity index (χ0) is 15.4. The van der Waals surface area contributed by atoms with Crippen LogP contribution in [-0.2, 0) is 11.4 Å². The number of carbonyl (C=O) groups is 1. The van der Waals surface area contributed by atoms with Gasteiger partial charge in [0.1, 0.15) is 12.4 Å². The van der Waals surface area contributed by atoms with Gasteiger partial charge >= 0.3 is 0 Å². The van der Waals surface area contributed by atoms with Gasteiger partial charge in [-0.15, -0.1) is 0 Å². The lowest BCUT2D eigenvalue weighted by Crippen LogP contribution is -2.01. The molecule has 0 aromatic heterocycles. The van der Waals surface area contributed by atoms with Gasteiger partial charge in [-0.05, 0) is 41.1 Å². The normalized spacial score (nSPS) is 15.9. The molecular formula is C17H14N2O2S. The van der Waals surface area contributed by atoms with Crippen molar-refractivity contribution in [3.63, 3.8) is 0 Å². The SMILES string of the molecule is NC1=NC(=O)C(=Cc2cccc(OCc3ccccc3)c2)S1. The minimum absolute atomic E-state index is 0.285. The molecule has 0 bridgehead atoms. The van der Waals surface area contributed by atoms with Crippen molar-refractivity contribution in [2.45, 2.75) is 6.61 Å². The van der Waals surface area contributed by atoms with Gasteiger partial charge in [-0.25, -0.2) is 0 Å². The lowest BCUT2D eigenvalue weighted by molar-refractivity contribution is -0.113. The highest BCUT2D eigenvalue weighted by atomic mass is 32.2. The molecule has 1 heterocycles. The monoisotopic (exact) mass is 310 g/mol. The van der Waals surface area contributed by atoms with Crippen LogP contribution in [0.4, 0.5) is 0 Å². The molecule has 2 N–H and O–H groups in total. The van der Waals surface area contributed by atoms with Crippen LogP contribution in [0.25, 0.3) is 6.08 Å². The third-order valence-corrected chi connectivity index (χ3v) is 3.85. The number of amidine groups is 1. The number of carbonyl (C=O) groups excluding carboxylic acids is 1. The number of aliphatic imine (C=N–C) groups is 1. The highest BCUT2D eigenvalue weighted by Crippen LogP contribution is 2.27. The smallest absolute Gasteiger partial charge is 0.286 e. The lowest BCUT2D eigenvalue weighted by Gasteiger charge is -2.07. The molecule has 2 aromatic rings. The third-order valence-electron chi connectivity index (χ3n) is 3.04. The number of amides is 1. The zero-order valence-electron chi connectivity index (χ0n) is 11.7. The Balaban J connectivity index is 1.71. The topological polar surface area (TPSA) is 64.7 Å². The van der Waals surface area contributed by atoms with E-state index < -0.39 is 0 Å². The molecule has 1 amide bonds. The largest absolute Gasteiger partial charge is 0.489 e. The van der Waals surface area contributed by atoms with E-state index in [1.165, 1.54) is 11.8 Å². The quantitative estimate of drug-likeness (QED) is 0.881. The molecule has 5 heteroatoms. The van der Waals surface area contributed by atoms with Gasteiger partial charge in [0.05, 0.1) is 4.91 Å². The van der Waals surface area contributed by atoms with Crippen molar-refractivity contribution in [1.82, 2.24) is 0 Å². The molecule has 0 fully saturated rings. The van der Waals surface area contributed by atoms with Crippen LogP contribution in [0.1, 0.15) is 11.1 Å². The summed E-state index contributed by atoms with van der Waals surface area (Å²) in [5, 5.41) is 0.285. The number of thioether (sulfide) groups is 1. The first-order valence-electron chi connectivity index (χ1n) is 6.75. The van der Waals surface area contributed by atoms with Gasteiger partial charge in [0.2, 0.25) is 0 Å². The maximum atomic E-state index is 11.6. The molecule has 1 aliphatic rings. The van der Waals surface area contributed by atoms with Crippen LogP contribution in [-0.4, -0.2) is 11.1 Å². The Labute approximate surface area is 132 Å². The Bertz CT molecular complexity index is 754. The predicted octanol–water partition coefficient (Wildman–Crippen LogP) is 3.19. The van der Waals surface area contributed by atoms with Crippen molar-refractivity contribution >= 4 is 28.9 Å². The van der Waals surface area contributed by atoms with Crippen molar-refractivity contribution < 1.29 is 9.53 Å². The summed E-state index contributed by atoms with van der Waals surface area (Å²) >= 11 is 1.18. The van der Waals surface area contributed by atoms with E-state index in [-0.39, 0.29) is 11.1 Å². The molecule has 0 aliphatic carbocycles. The van der Waals surface area contributed by atoms with Crippen LogP contribution < -0.4 is 10.5 Å². The average Bonchev–Trinajstić information content (AvgIpc) is 2.84. The maximum absolute atomic E-state index is 11.6. The Morgan fingerprint density at radius 3 is 2.68 bits per heavy atom. The highest BCUT2D eigenvalue weighted by Gasteiger charge is 2.19. The molecule has 0 radical (unpaired) electrons. The van der Waals surface area contributed by atoms with E-state index in [0.717, 1.165) is 16.9 Å². The predicted molar refractivity (Wildman–Crippen MR) is 89.4 cm³/mol. The molecule has 0 unspecified atom stereocenters. The van der Waals surface area contributed by atoms with Crippen LogP contribution in [0, 0.1) is 0 Å². The first-order chi connectivity index (χ1) is 10.7. The van der Waals surface area contributed by atoms with Crippen molar-refractivity contribution in [2.24, 2.45) is 10.7 Å². The Morgan fingerprint density at radius 1 is 1.14 bits per heavy atom. The fourth-order valence-electron chi connectivity index (χ4n) is 2.01.